The Morgan fingerprint density at radius 1 is 1.16 bits per heavy atom. The average Bonchev–Trinajstić information content (AvgIpc) is 2.92. The molecule has 1 fully saturated rings. The van der Waals surface area contributed by atoms with Gasteiger partial charge in [0.2, 0.25) is 0 Å². The van der Waals surface area contributed by atoms with E-state index in [0.717, 1.165) is 12.8 Å². The van der Waals surface area contributed by atoms with Crippen LogP contribution in [0.2, 0.25) is 0 Å². The molecule has 1 saturated heterocycles. The largest absolute Gasteiger partial charge is 0.465 e. The molecular formula is C25H26FN7O4. The highest BCUT2D eigenvalue weighted by Gasteiger charge is 2.24. The van der Waals surface area contributed by atoms with Crippen molar-refractivity contribution in [2.24, 2.45) is 16.6 Å². The number of rotatable bonds is 7. The number of ether oxygens (including phenoxy) is 1. The number of aromatic nitrogens is 3. The highest BCUT2D eigenvalue weighted by Crippen LogP contribution is 2.25. The van der Waals surface area contributed by atoms with E-state index in [-0.39, 0.29) is 41.5 Å². The molecule has 0 atom stereocenters. The molecule has 3 aromatic rings. The Labute approximate surface area is 212 Å². The SMILES string of the molecule is NC(=NCc1cccc(-c2cnc(OCC3CCN(C(=O)c4cccnc4)CC3)nc2)c1F)NC(=O)O. The summed E-state index contributed by atoms with van der Waals surface area (Å²) in [5, 5.41) is 10.5. The molecule has 1 aromatic carbocycles. The monoisotopic (exact) mass is 507 g/mol. The molecule has 1 aliphatic rings. The van der Waals surface area contributed by atoms with Crippen LogP contribution in [0, 0.1) is 11.7 Å². The summed E-state index contributed by atoms with van der Waals surface area (Å²) < 4.78 is 20.7. The van der Waals surface area contributed by atoms with Crippen molar-refractivity contribution in [1.29, 1.82) is 0 Å². The molecule has 0 saturated carbocycles. The van der Waals surface area contributed by atoms with Crippen molar-refractivity contribution in [2.75, 3.05) is 19.7 Å². The number of aliphatic imine (C=N–C) groups is 1. The van der Waals surface area contributed by atoms with E-state index in [1.165, 1.54) is 18.5 Å². The second-order valence-corrected chi connectivity index (χ2v) is 8.45. The topological polar surface area (TPSA) is 156 Å². The van der Waals surface area contributed by atoms with Crippen LogP contribution in [0.5, 0.6) is 6.01 Å². The van der Waals surface area contributed by atoms with Gasteiger partial charge in [-0.3, -0.25) is 15.1 Å². The lowest BCUT2D eigenvalue weighted by atomic mass is 9.97. The third-order valence-corrected chi connectivity index (χ3v) is 5.93. The Hall–Kier alpha value is -4.61. The number of likely N-dealkylation sites (tertiary alicyclic amines) is 1. The summed E-state index contributed by atoms with van der Waals surface area (Å²) in [4.78, 5) is 41.2. The van der Waals surface area contributed by atoms with Crippen molar-refractivity contribution in [1.82, 2.24) is 25.2 Å². The van der Waals surface area contributed by atoms with Crippen molar-refractivity contribution >= 4 is 18.0 Å². The van der Waals surface area contributed by atoms with Gasteiger partial charge in [0, 0.05) is 54.6 Å². The summed E-state index contributed by atoms with van der Waals surface area (Å²) >= 11 is 0. The van der Waals surface area contributed by atoms with Crippen LogP contribution in [0.4, 0.5) is 9.18 Å². The van der Waals surface area contributed by atoms with Gasteiger partial charge in [-0.05, 0) is 30.9 Å². The van der Waals surface area contributed by atoms with Crippen LogP contribution in [0.1, 0.15) is 28.8 Å². The summed E-state index contributed by atoms with van der Waals surface area (Å²) in [7, 11) is 0. The van der Waals surface area contributed by atoms with Gasteiger partial charge < -0.3 is 20.5 Å². The zero-order valence-electron chi connectivity index (χ0n) is 19.9. The lowest BCUT2D eigenvalue weighted by Crippen LogP contribution is -2.39. The van der Waals surface area contributed by atoms with E-state index < -0.39 is 11.9 Å². The van der Waals surface area contributed by atoms with Gasteiger partial charge >= 0.3 is 12.1 Å². The van der Waals surface area contributed by atoms with Crippen molar-refractivity contribution in [2.45, 2.75) is 19.4 Å². The van der Waals surface area contributed by atoms with Gasteiger partial charge in [-0.15, -0.1) is 0 Å². The van der Waals surface area contributed by atoms with Gasteiger partial charge in [-0.2, -0.15) is 0 Å². The van der Waals surface area contributed by atoms with E-state index in [1.54, 1.807) is 36.7 Å². The van der Waals surface area contributed by atoms with Crippen LogP contribution in [-0.4, -0.2) is 62.6 Å². The Morgan fingerprint density at radius 3 is 2.59 bits per heavy atom. The quantitative estimate of drug-likeness (QED) is 0.326. The summed E-state index contributed by atoms with van der Waals surface area (Å²) in [5.41, 5.74) is 6.99. The molecule has 37 heavy (non-hydrogen) atoms. The first-order chi connectivity index (χ1) is 17.9. The number of hydrogen-bond acceptors (Lipinski definition) is 7. The molecule has 11 nitrogen and oxygen atoms in total. The number of carboxylic acid groups (broad SMARTS) is 1. The molecule has 0 radical (unpaired) electrons. The maximum atomic E-state index is 15.0. The fraction of sp³-hybridized carbons (Fsp3) is 0.280. The van der Waals surface area contributed by atoms with E-state index in [9.17, 15) is 14.0 Å². The molecular weight excluding hydrogens is 481 g/mol. The number of benzene rings is 1. The maximum Gasteiger partial charge on any atom is 0.411 e. The first kappa shape index (κ1) is 25.5. The average molecular weight is 508 g/mol. The zero-order valence-corrected chi connectivity index (χ0v) is 19.9. The molecule has 2 aromatic heterocycles. The molecule has 1 aliphatic heterocycles. The molecule has 0 bridgehead atoms. The lowest BCUT2D eigenvalue weighted by Gasteiger charge is -2.31. The zero-order chi connectivity index (χ0) is 26.2. The summed E-state index contributed by atoms with van der Waals surface area (Å²) in [6, 6.07) is 8.46. The number of guanidine groups is 1. The van der Waals surface area contributed by atoms with Crippen LogP contribution >= 0.6 is 0 Å². The molecule has 4 rings (SSSR count). The molecule has 2 amide bonds. The number of hydrogen-bond donors (Lipinski definition) is 3. The van der Waals surface area contributed by atoms with Crippen LogP contribution in [0.15, 0.2) is 60.1 Å². The number of nitrogens with one attached hydrogen (secondary N) is 1. The van der Waals surface area contributed by atoms with Gasteiger partial charge in [-0.25, -0.2) is 24.1 Å². The van der Waals surface area contributed by atoms with Crippen molar-refractivity contribution in [3.05, 3.63) is 72.1 Å². The van der Waals surface area contributed by atoms with Crippen LogP contribution in [0.3, 0.4) is 0 Å². The third-order valence-electron chi connectivity index (χ3n) is 5.93. The minimum Gasteiger partial charge on any atom is -0.465 e. The number of nitrogens with two attached hydrogens (primary N) is 1. The molecule has 0 unspecified atom stereocenters. The minimum atomic E-state index is -1.35. The number of carbonyl (C=O) groups excluding carboxylic acids is 1. The molecule has 192 valence electrons. The predicted molar refractivity (Wildman–Crippen MR) is 132 cm³/mol. The smallest absolute Gasteiger partial charge is 0.411 e. The van der Waals surface area contributed by atoms with E-state index in [4.69, 9.17) is 15.6 Å². The van der Waals surface area contributed by atoms with Gasteiger partial charge in [-0.1, -0.05) is 18.2 Å². The minimum absolute atomic E-state index is 0.0186. The fourth-order valence-corrected chi connectivity index (χ4v) is 3.94. The molecule has 0 spiro atoms. The lowest BCUT2D eigenvalue weighted by molar-refractivity contribution is 0.0657. The fourth-order valence-electron chi connectivity index (χ4n) is 3.94. The van der Waals surface area contributed by atoms with E-state index in [0.29, 0.717) is 30.8 Å². The Kier molecular flexibility index (Phi) is 8.18. The molecule has 4 N–H and O–H groups in total. The van der Waals surface area contributed by atoms with Crippen molar-refractivity contribution < 1.29 is 23.8 Å². The molecule has 12 heteroatoms. The third kappa shape index (κ3) is 6.75. The predicted octanol–water partition coefficient (Wildman–Crippen LogP) is 2.69. The van der Waals surface area contributed by atoms with Gasteiger partial charge in [0.05, 0.1) is 18.7 Å². The Bertz CT molecular complexity index is 1260. The number of halogens is 1. The van der Waals surface area contributed by atoms with Gasteiger partial charge in [0.25, 0.3) is 5.91 Å². The highest BCUT2D eigenvalue weighted by molar-refractivity contribution is 5.94. The Morgan fingerprint density at radius 2 is 1.92 bits per heavy atom. The standard InChI is InChI=1S/C25H26FN7O4/c26-21-17(12-29-23(27)32-25(35)36)3-1-5-20(21)19-13-30-24(31-14-19)37-15-16-6-9-33(10-7-16)22(34)18-4-2-8-28-11-18/h1-5,8,11,13-14,16H,6-7,9-10,12,15H2,(H,35,36)(H3,27,29,32). The van der Waals surface area contributed by atoms with Gasteiger partial charge in [0.1, 0.15) is 5.82 Å². The maximum absolute atomic E-state index is 15.0. The highest BCUT2D eigenvalue weighted by atomic mass is 19.1. The van der Waals surface area contributed by atoms with E-state index in [2.05, 4.69) is 19.9 Å². The van der Waals surface area contributed by atoms with E-state index in [1.807, 2.05) is 10.2 Å². The number of carbonyl (C=O) groups is 2. The second kappa shape index (κ2) is 11.9. The van der Waals surface area contributed by atoms with Crippen LogP contribution in [-0.2, 0) is 6.54 Å². The number of pyridine rings is 1. The summed E-state index contributed by atoms with van der Waals surface area (Å²) in [5.74, 6) is -0.610. The molecule has 3 heterocycles. The number of amides is 2. The second-order valence-electron chi connectivity index (χ2n) is 8.45. The first-order valence-corrected chi connectivity index (χ1v) is 11.6. The summed E-state index contributed by atoms with van der Waals surface area (Å²) in [6.45, 7) is 1.56. The van der Waals surface area contributed by atoms with Gasteiger partial charge in [0.15, 0.2) is 5.96 Å². The van der Waals surface area contributed by atoms with Crippen molar-refractivity contribution in [3.8, 4) is 17.1 Å². The first-order valence-electron chi connectivity index (χ1n) is 11.6. The van der Waals surface area contributed by atoms with Crippen LogP contribution in [0.25, 0.3) is 11.1 Å². The van der Waals surface area contributed by atoms with Crippen molar-refractivity contribution in [3.63, 3.8) is 0 Å². The summed E-state index contributed by atoms with van der Waals surface area (Å²) in [6.07, 6.45) is 6.42. The normalized spacial score (nSPS) is 14.3. The van der Waals surface area contributed by atoms with Crippen LogP contribution < -0.4 is 15.8 Å². The van der Waals surface area contributed by atoms with E-state index >= 15 is 0 Å². The Balaban J connectivity index is 1.30. The molecule has 0 aliphatic carbocycles. The number of piperidine rings is 1. The number of nitrogens with zero attached hydrogens (tertiary/aromatic N) is 5.